The average molecular weight is 280 g/mol. The van der Waals surface area contributed by atoms with E-state index in [1.165, 1.54) is 18.3 Å². The predicted molar refractivity (Wildman–Crippen MR) is 61.3 cm³/mol. The molecular formula is C11H6Cl2F3N. The minimum atomic E-state index is -4.43. The first-order chi connectivity index (χ1) is 7.91. The van der Waals surface area contributed by atoms with Gasteiger partial charge < -0.3 is 4.98 Å². The lowest BCUT2D eigenvalue weighted by atomic mass is 10.0. The van der Waals surface area contributed by atoms with Gasteiger partial charge in [-0.2, -0.15) is 13.2 Å². The molecule has 1 aromatic heterocycles. The van der Waals surface area contributed by atoms with Crippen molar-refractivity contribution in [2.45, 2.75) is 6.18 Å². The van der Waals surface area contributed by atoms with Gasteiger partial charge in [0.2, 0.25) is 0 Å². The third kappa shape index (κ3) is 2.28. The summed E-state index contributed by atoms with van der Waals surface area (Å²) in [4.78, 5) is 2.43. The Balaban J connectivity index is 2.62. The SMILES string of the molecule is FC(F)(F)c1c[nH]cc1-c1cccc(Cl)c1Cl. The Morgan fingerprint density at radius 1 is 1.00 bits per heavy atom. The molecule has 90 valence electrons. The van der Waals surface area contributed by atoms with E-state index < -0.39 is 11.7 Å². The minimum absolute atomic E-state index is 0.00926. The average Bonchev–Trinajstić information content (AvgIpc) is 2.70. The number of benzene rings is 1. The van der Waals surface area contributed by atoms with Gasteiger partial charge in [-0.05, 0) is 6.07 Å². The molecule has 1 heterocycles. The second-order valence-corrected chi connectivity index (χ2v) is 4.17. The van der Waals surface area contributed by atoms with Gasteiger partial charge in [0.15, 0.2) is 0 Å². The number of H-pyrrole nitrogens is 1. The number of aromatic amines is 1. The number of halogens is 5. The Morgan fingerprint density at radius 3 is 2.35 bits per heavy atom. The van der Waals surface area contributed by atoms with E-state index >= 15 is 0 Å². The van der Waals surface area contributed by atoms with Crippen LogP contribution in [0.5, 0.6) is 0 Å². The quantitative estimate of drug-likeness (QED) is 0.756. The minimum Gasteiger partial charge on any atom is -0.366 e. The van der Waals surface area contributed by atoms with Crippen LogP contribution >= 0.6 is 23.2 Å². The van der Waals surface area contributed by atoms with Gasteiger partial charge in [0, 0.05) is 23.5 Å². The summed E-state index contributed by atoms with van der Waals surface area (Å²) in [6, 6.07) is 4.57. The summed E-state index contributed by atoms with van der Waals surface area (Å²) >= 11 is 11.7. The Morgan fingerprint density at radius 2 is 1.71 bits per heavy atom. The van der Waals surface area contributed by atoms with Crippen LogP contribution in [-0.2, 0) is 6.18 Å². The van der Waals surface area contributed by atoms with Crippen molar-refractivity contribution >= 4 is 23.2 Å². The molecule has 0 saturated heterocycles. The maximum atomic E-state index is 12.7. The zero-order valence-corrected chi connectivity index (χ0v) is 9.79. The number of hydrogen-bond donors (Lipinski definition) is 1. The van der Waals surface area contributed by atoms with Gasteiger partial charge in [-0.3, -0.25) is 0 Å². The number of aromatic nitrogens is 1. The largest absolute Gasteiger partial charge is 0.418 e. The molecule has 0 aliphatic rings. The molecule has 0 spiro atoms. The molecule has 1 N–H and O–H groups in total. The predicted octanol–water partition coefficient (Wildman–Crippen LogP) is 5.01. The third-order valence-electron chi connectivity index (χ3n) is 2.29. The van der Waals surface area contributed by atoms with E-state index in [2.05, 4.69) is 4.98 Å². The fraction of sp³-hybridized carbons (Fsp3) is 0.0909. The monoisotopic (exact) mass is 279 g/mol. The summed E-state index contributed by atoms with van der Waals surface area (Å²) in [7, 11) is 0. The molecule has 0 aliphatic heterocycles. The van der Waals surface area contributed by atoms with Crippen molar-refractivity contribution < 1.29 is 13.2 Å². The molecular weight excluding hydrogens is 274 g/mol. The number of alkyl halides is 3. The number of hydrogen-bond acceptors (Lipinski definition) is 0. The second kappa shape index (κ2) is 4.27. The van der Waals surface area contributed by atoms with Crippen LogP contribution in [0.15, 0.2) is 30.6 Å². The molecule has 0 bridgehead atoms. The van der Waals surface area contributed by atoms with Crippen LogP contribution in [0.25, 0.3) is 11.1 Å². The molecule has 6 heteroatoms. The molecule has 2 aromatic rings. The van der Waals surface area contributed by atoms with E-state index in [1.807, 2.05) is 0 Å². The van der Waals surface area contributed by atoms with Gasteiger partial charge in [0.1, 0.15) is 0 Å². The van der Waals surface area contributed by atoms with Crippen molar-refractivity contribution in [2.24, 2.45) is 0 Å². The molecule has 0 unspecified atom stereocenters. The van der Waals surface area contributed by atoms with E-state index in [1.54, 1.807) is 6.07 Å². The first kappa shape index (κ1) is 12.3. The molecule has 1 nitrogen and oxygen atoms in total. The first-order valence-corrected chi connectivity index (χ1v) is 5.35. The van der Waals surface area contributed by atoms with E-state index in [-0.39, 0.29) is 21.2 Å². The molecule has 0 amide bonds. The van der Waals surface area contributed by atoms with Crippen LogP contribution in [0.4, 0.5) is 13.2 Å². The van der Waals surface area contributed by atoms with Crippen molar-refractivity contribution in [1.82, 2.24) is 4.98 Å². The van der Waals surface area contributed by atoms with Crippen molar-refractivity contribution in [3.63, 3.8) is 0 Å². The van der Waals surface area contributed by atoms with E-state index in [0.717, 1.165) is 6.20 Å². The standard InChI is InChI=1S/C11H6Cl2F3N/c12-9-3-1-2-6(10(9)13)7-4-17-5-8(7)11(14,15)16/h1-5,17H. The molecule has 17 heavy (non-hydrogen) atoms. The number of nitrogens with one attached hydrogen (secondary N) is 1. The Labute approximate surface area is 105 Å². The van der Waals surface area contributed by atoms with E-state index in [0.29, 0.717) is 0 Å². The second-order valence-electron chi connectivity index (χ2n) is 3.38. The summed E-state index contributed by atoms with van der Waals surface area (Å²) in [6.45, 7) is 0. The fourth-order valence-corrected chi connectivity index (χ4v) is 1.94. The van der Waals surface area contributed by atoms with Gasteiger partial charge in [0.05, 0.1) is 15.6 Å². The maximum absolute atomic E-state index is 12.7. The molecule has 1 aromatic carbocycles. The van der Waals surface area contributed by atoms with Gasteiger partial charge in [0.25, 0.3) is 0 Å². The van der Waals surface area contributed by atoms with E-state index in [4.69, 9.17) is 23.2 Å². The van der Waals surface area contributed by atoms with Crippen LogP contribution in [0.1, 0.15) is 5.56 Å². The Bertz CT molecular complexity index is 546. The lowest BCUT2D eigenvalue weighted by molar-refractivity contribution is -0.137. The van der Waals surface area contributed by atoms with Gasteiger partial charge in [-0.1, -0.05) is 35.3 Å². The molecule has 0 radical (unpaired) electrons. The molecule has 0 fully saturated rings. The highest BCUT2D eigenvalue weighted by Gasteiger charge is 2.34. The summed E-state index contributed by atoms with van der Waals surface area (Å²) in [5, 5.41) is 0.331. The van der Waals surface area contributed by atoms with Crippen LogP contribution in [0.2, 0.25) is 10.0 Å². The zero-order valence-electron chi connectivity index (χ0n) is 8.28. The first-order valence-electron chi connectivity index (χ1n) is 4.59. The lowest BCUT2D eigenvalue weighted by Crippen LogP contribution is -2.04. The molecule has 2 rings (SSSR count). The summed E-state index contributed by atoms with van der Waals surface area (Å²) < 4.78 is 38.1. The highest BCUT2D eigenvalue weighted by Crippen LogP contribution is 2.41. The van der Waals surface area contributed by atoms with E-state index in [9.17, 15) is 13.2 Å². The summed E-state index contributed by atoms with van der Waals surface area (Å²) in [6.07, 6.45) is -2.28. The summed E-state index contributed by atoms with van der Waals surface area (Å²) in [5.41, 5.74) is -0.514. The topological polar surface area (TPSA) is 15.8 Å². The Kier molecular flexibility index (Phi) is 3.10. The normalized spacial score (nSPS) is 11.8. The highest BCUT2D eigenvalue weighted by atomic mass is 35.5. The molecule has 0 aliphatic carbocycles. The third-order valence-corrected chi connectivity index (χ3v) is 3.11. The lowest BCUT2D eigenvalue weighted by Gasteiger charge is -2.09. The fourth-order valence-electron chi connectivity index (χ4n) is 1.53. The zero-order chi connectivity index (χ0) is 12.6. The van der Waals surface area contributed by atoms with Gasteiger partial charge >= 0.3 is 6.18 Å². The molecule has 0 saturated carbocycles. The van der Waals surface area contributed by atoms with Crippen LogP contribution in [0.3, 0.4) is 0 Å². The van der Waals surface area contributed by atoms with Crippen molar-refractivity contribution in [3.05, 3.63) is 46.2 Å². The smallest absolute Gasteiger partial charge is 0.366 e. The van der Waals surface area contributed by atoms with Crippen molar-refractivity contribution in [1.29, 1.82) is 0 Å². The van der Waals surface area contributed by atoms with Gasteiger partial charge in [-0.15, -0.1) is 0 Å². The van der Waals surface area contributed by atoms with Crippen LogP contribution < -0.4 is 0 Å². The Hall–Kier alpha value is -1.13. The van der Waals surface area contributed by atoms with Crippen molar-refractivity contribution in [2.75, 3.05) is 0 Å². The van der Waals surface area contributed by atoms with Crippen LogP contribution in [0, 0.1) is 0 Å². The van der Waals surface area contributed by atoms with Crippen LogP contribution in [-0.4, -0.2) is 4.98 Å². The van der Waals surface area contributed by atoms with Crippen molar-refractivity contribution in [3.8, 4) is 11.1 Å². The highest BCUT2D eigenvalue weighted by molar-refractivity contribution is 6.43. The molecule has 0 atom stereocenters. The van der Waals surface area contributed by atoms with Gasteiger partial charge in [-0.25, -0.2) is 0 Å². The summed E-state index contributed by atoms with van der Waals surface area (Å²) in [5.74, 6) is 0. The number of rotatable bonds is 1. The maximum Gasteiger partial charge on any atom is 0.418 e.